The van der Waals surface area contributed by atoms with Gasteiger partial charge in [-0.1, -0.05) is 34.1 Å². The van der Waals surface area contributed by atoms with Gasteiger partial charge in [0, 0.05) is 32.4 Å². The fourth-order valence-electron chi connectivity index (χ4n) is 1.82. The van der Waals surface area contributed by atoms with Gasteiger partial charge in [0.1, 0.15) is 0 Å². The van der Waals surface area contributed by atoms with Crippen molar-refractivity contribution in [2.24, 2.45) is 0 Å². The molecule has 0 saturated heterocycles. The largest absolute Gasteiger partial charge is 0.398 e. The van der Waals surface area contributed by atoms with Gasteiger partial charge in [-0.15, -0.1) is 11.8 Å². The van der Waals surface area contributed by atoms with Crippen molar-refractivity contribution >= 4 is 39.1 Å². The molecule has 4 nitrogen and oxygen atoms in total. The summed E-state index contributed by atoms with van der Waals surface area (Å²) in [6, 6.07) is 12.6. The van der Waals surface area contributed by atoms with Gasteiger partial charge in [-0.25, -0.2) is 0 Å². The van der Waals surface area contributed by atoms with Crippen LogP contribution in [0.2, 0.25) is 0 Å². The first-order valence-corrected chi connectivity index (χ1v) is 7.76. The second-order valence-corrected chi connectivity index (χ2v) is 6.22. The number of hydrogen-bond acceptors (Lipinski definition) is 4. The molecule has 0 unspecified atom stereocenters. The van der Waals surface area contributed by atoms with E-state index < -0.39 is 0 Å². The molecule has 2 N–H and O–H groups in total. The van der Waals surface area contributed by atoms with Crippen LogP contribution in [0.3, 0.4) is 0 Å². The molecule has 0 aliphatic carbocycles. The fraction of sp³-hybridized carbons (Fsp3) is 0.143. The molecule has 2 aromatic rings. The number of benzene rings is 2. The monoisotopic (exact) mass is 352 g/mol. The van der Waals surface area contributed by atoms with Crippen molar-refractivity contribution in [1.82, 2.24) is 0 Å². The molecule has 0 aliphatic rings. The molecule has 0 radical (unpaired) electrons. The van der Waals surface area contributed by atoms with E-state index in [1.54, 1.807) is 23.9 Å². The Hall–Kier alpha value is -1.53. The summed E-state index contributed by atoms with van der Waals surface area (Å²) in [6.45, 7) is 0. The van der Waals surface area contributed by atoms with Gasteiger partial charge in [0.05, 0.1) is 4.92 Å². The third-order valence-electron chi connectivity index (χ3n) is 2.79. The van der Waals surface area contributed by atoms with Crippen LogP contribution in [0.5, 0.6) is 0 Å². The number of nitrogens with two attached hydrogens (primary N) is 1. The van der Waals surface area contributed by atoms with Crippen molar-refractivity contribution in [1.29, 1.82) is 0 Å². The summed E-state index contributed by atoms with van der Waals surface area (Å²) < 4.78 is 0.943. The normalized spacial score (nSPS) is 10.4. The van der Waals surface area contributed by atoms with Gasteiger partial charge in [0.2, 0.25) is 0 Å². The number of nitrogens with zero attached hydrogens (tertiary/aromatic N) is 1. The van der Waals surface area contributed by atoms with E-state index in [0.717, 1.165) is 20.7 Å². The topological polar surface area (TPSA) is 69.2 Å². The van der Waals surface area contributed by atoms with Crippen LogP contribution in [-0.2, 0) is 6.42 Å². The summed E-state index contributed by atoms with van der Waals surface area (Å²) in [5.74, 6) is 0.747. The lowest BCUT2D eigenvalue weighted by molar-refractivity contribution is -0.385. The van der Waals surface area contributed by atoms with Crippen LogP contribution in [-0.4, -0.2) is 10.7 Å². The van der Waals surface area contributed by atoms with Gasteiger partial charge in [0.25, 0.3) is 5.69 Å². The van der Waals surface area contributed by atoms with Gasteiger partial charge >= 0.3 is 0 Å². The van der Waals surface area contributed by atoms with Crippen molar-refractivity contribution in [3.05, 3.63) is 62.6 Å². The molecule has 0 heterocycles. The molecule has 0 bridgehead atoms. The lowest BCUT2D eigenvalue weighted by Gasteiger charge is -2.06. The average Bonchev–Trinajstić information content (AvgIpc) is 2.41. The zero-order chi connectivity index (χ0) is 14.5. The second-order valence-electron chi connectivity index (χ2n) is 4.17. The first-order valence-electron chi connectivity index (χ1n) is 5.98. The summed E-state index contributed by atoms with van der Waals surface area (Å²) in [5.41, 5.74) is 7.56. The molecule has 6 heteroatoms. The number of hydrogen-bond donors (Lipinski definition) is 1. The summed E-state index contributed by atoms with van der Waals surface area (Å²) in [4.78, 5) is 11.6. The van der Waals surface area contributed by atoms with Crippen LogP contribution in [0, 0.1) is 10.1 Å². The number of nitro groups is 1. The highest BCUT2D eigenvalue weighted by atomic mass is 79.9. The molecule has 0 saturated carbocycles. The number of aryl methyl sites for hydroxylation is 1. The number of para-hydroxylation sites is 1. The molecule has 0 aromatic heterocycles. The molecule has 0 fully saturated rings. The van der Waals surface area contributed by atoms with Gasteiger partial charge in [-0.3, -0.25) is 10.1 Å². The Kier molecular flexibility index (Phi) is 5.03. The number of nitrogen functional groups attached to an aromatic ring is 1. The lowest BCUT2D eigenvalue weighted by Crippen LogP contribution is -1.97. The molecule has 0 aliphatic heterocycles. The molecule has 2 aromatic carbocycles. The SMILES string of the molecule is Nc1cc(Br)ccc1SCCc1ccccc1[N+](=O)[O-]. The number of rotatable bonds is 5. The predicted molar refractivity (Wildman–Crippen MR) is 86.1 cm³/mol. The summed E-state index contributed by atoms with van der Waals surface area (Å²) in [5, 5.41) is 10.9. The highest BCUT2D eigenvalue weighted by molar-refractivity contribution is 9.10. The average molecular weight is 353 g/mol. The Balaban J connectivity index is 2.01. The van der Waals surface area contributed by atoms with Crippen molar-refractivity contribution in [3.63, 3.8) is 0 Å². The number of halogens is 1. The van der Waals surface area contributed by atoms with E-state index in [1.165, 1.54) is 6.07 Å². The molecule has 2 rings (SSSR count). The molecule has 20 heavy (non-hydrogen) atoms. The molecular formula is C14H13BrN2O2S. The Morgan fingerprint density at radius 1 is 1.25 bits per heavy atom. The molecule has 0 amide bonds. The Bertz CT molecular complexity index is 634. The first-order chi connectivity index (χ1) is 9.58. The van der Waals surface area contributed by atoms with E-state index in [-0.39, 0.29) is 10.6 Å². The first kappa shape index (κ1) is 14.9. The summed E-state index contributed by atoms with van der Waals surface area (Å²) in [6.07, 6.45) is 0.636. The smallest absolute Gasteiger partial charge is 0.272 e. The highest BCUT2D eigenvalue weighted by Gasteiger charge is 2.12. The standard InChI is InChI=1S/C14H13BrN2O2S/c15-11-5-6-14(12(16)9-11)20-8-7-10-3-1-2-4-13(10)17(18)19/h1-6,9H,7-8,16H2. The molecule has 0 spiro atoms. The third kappa shape index (κ3) is 3.74. The Labute approximate surface area is 129 Å². The molecular weight excluding hydrogens is 340 g/mol. The van der Waals surface area contributed by atoms with Crippen molar-refractivity contribution in [2.75, 3.05) is 11.5 Å². The van der Waals surface area contributed by atoms with E-state index in [2.05, 4.69) is 15.9 Å². The van der Waals surface area contributed by atoms with Crippen LogP contribution in [0.4, 0.5) is 11.4 Å². The van der Waals surface area contributed by atoms with Gasteiger partial charge in [0.15, 0.2) is 0 Å². The van der Waals surface area contributed by atoms with Crippen molar-refractivity contribution in [2.45, 2.75) is 11.3 Å². The Morgan fingerprint density at radius 3 is 2.70 bits per heavy atom. The summed E-state index contributed by atoms with van der Waals surface area (Å²) >= 11 is 4.96. The maximum atomic E-state index is 10.9. The summed E-state index contributed by atoms with van der Waals surface area (Å²) in [7, 11) is 0. The van der Waals surface area contributed by atoms with E-state index >= 15 is 0 Å². The molecule has 0 atom stereocenters. The molecule has 104 valence electrons. The third-order valence-corrected chi connectivity index (χ3v) is 4.37. The van der Waals surface area contributed by atoms with Crippen LogP contribution in [0.25, 0.3) is 0 Å². The minimum atomic E-state index is -0.339. The maximum absolute atomic E-state index is 10.9. The van der Waals surface area contributed by atoms with Crippen LogP contribution >= 0.6 is 27.7 Å². The van der Waals surface area contributed by atoms with E-state index in [9.17, 15) is 10.1 Å². The zero-order valence-corrected chi connectivity index (χ0v) is 13.0. The van der Waals surface area contributed by atoms with Crippen LogP contribution in [0.1, 0.15) is 5.56 Å². The van der Waals surface area contributed by atoms with Crippen LogP contribution < -0.4 is 5.73 Å². The Morgan fingerprint density at radius 2 is 2.00 bits per heavy atom. The van der Waals surface area contributed by atoms with E-state index in [1.807, 2.05) is 24.3 Å². The maximum Gasteiger partial charge on any atom is 0.272 e. The number of anilines is 1. The van der Waals surface area contributed by atoms with Crippen LogP contribution in [0.15, 0.2) is 51.8 Å². The minimum Gasteiger partial charge on any atom is -0.398 e. The minimum absolute atomic E-state index is 0.178. The fourth-order valence-corrected chi connectivity index (χ4v) is 3.13. The van der Waals surface area contributed by atoms with Crippen molar-refractivity contribution < 1.29 is 4.92 Å². The van der Waals surface area contributed by atoms with Gasteiger partial charge in [-0.05, 0) is 24.6 Å². The number of nitro benzene ring substituents is 1. The quantitative estimate of drug-likeness (QED) is 0.377. The van der Waals surface area contributed by atoms with Gasteiger partial charge in [-0.2, -0.15) is 0 Å². The van der Waals surface area contributed by atoms with E-state index in [0.29, 0.717) is 12.1 Å². The zero-order valence-electron chi connectivity index (χ0n) is 10.6. The van der Waals surface area contributed by atoms with Gasteiger partial charge < -0.3 is 5.73 Å². The lowest BCUT2D eigenvalue weighted by atomic mass is 10.1. The van der Waals surface area contributed by atoms with Crippen molar-refractivity contribution in [3.8, 4) is 0 Å². The second kappa shape index (κ2) is 6.76. The number of thioether (sulfide) groups is 1. The highest BCUT2D eigenvalue weighted by Crippen LogP contribution is 2.29. The predicted octanol–water partition coefficient (Wildman–Crippen LogP) is 4.27. The van der Waals surface area contributed by atoms with E-state index in [4.69, 9.17) is 5.73 Å².